The summed E-state index contributed by atoms with van der Waals surface area (Å²) in [5.41, 5.74) is -0.170. The second kappa shape index (κ2) is 8.47. The molecule has 8 nitrogen and oxygen atoms in total. The first-order chi connectivity index (χ1) is 16.0. The van der Waals surface area contributed by atoms with E-state index in [0.717, 1.165) is 0 Å². The zero-order chi connectivity index (χ0) is 22.8. The Labute approximate surface area is 187 Å². The highest BCUT2D eigenvalue weighted by molar-refractivity contribution is 6.04. The molecule has 1 fully saturated rings. The van der Waals surface area contributed by atoms with E-state index in [0.29, 0.717) is 16.9 Å². The van der Waals surface area contributed by atoms with E-state index in [1.807, 2.05) is 0 Å². The third kappa shape index (κ3) is 4.33. The molecule has 0 aliphatic carbocycles. The Morgan fingerprint density at radius 3 is 2.64 bits per heavy atom. The van der Waals surface area contributed by atoms with Crippen LogP contribution in [0.1, 0.15) is 10.4 Å². The van der Waals surface area contributed by atoms with Crippen molar-refractivity contribution in [1.29, 1.82) is 0 Å². The molecule has 1 aliphatic heterocycles. The Morgan fingerprint density at radius 1 is 1.06 bits per heavy atom. The highest BCUT2D eigenvalue weighted by Gasteiger charge is 2.36. The summed E-state index contributed by atoms with van der Waals surface area (Å²) in [5.74, 6) is -0.405. The van der Waals surface area contributed by atoms with Gasteiger partial charge in [0, 0.05) is 30.2 Å². The number of pyridine rings is 2. The summed E-state index contributed by atoms with van der Waals surface area (Å²) in [5, 5.41) is 8.64. The molecule has 1 saturated heterocycles. The summed E-state index contributed by atoms with van der Waals surface area (Å²) in [6.45, 7) is 0.619. The molecule has 3 aromatic heterocycles. The average Bonchev–Trinajstić information content (AvgIpc) is 2.83. The lowest BCUT2D eigenvalue weighted by Gasteiger charge is -2.35. The monoisotopic (exact) mass is 447 g/mol. The summed E-state index contributed by atoms with van der Waals surface area (Å²) in [7, 11) is 0. The number of hydrogen-bond donors (Lipinski definition) is 3. The zero-order valence-corrected chi connectivity index (χ0v) is 17.3. The lowest BCUT2D eigenvalue weighted by molar-refractivity contribution is 0.102. The lowest BCUT2D eigenvalue weighted by atomic mass is 10.00. The Balaban J connectivity index is 1.41. The van der Waals surface area contributed by atoms with Crippen molar-refractivity contribution in [2.24, 2.45) is 0 Å². The van der Waals surface area contributed by atoms with Crippen LogP contribution in [0, 0.1) is 5.82 Å². The highest BCUT2D eigenvalue weighted by atomic mass is 19.1. The number of carbonyl (C=O) groups is 1. The molecule has 0 bridgehead atoms. The first-order valence-electron chi connectivity index (χ1n) is 10.3. The van der Waals surface area contributed by atoms with Gasteiger partial charge in [0.05, 0.1) is 41.9 Å². The third-order valence-corrected chi connectivity index (χ3v) is 5.35. The van der Waals surface area contributed by atoms with E-state index < -0.39 is 11.5 Å². The zero-order valence-electron chi connectivity index (χ0n) is 17.3. The molecular weight excluding hydrogens is 428 g/mol. The molecule has 0 saturated carbocycles. The SMILES string of the molecule is O=C(Nc1cc2c(F)c(-c3cncc(NCC4(F)CNC4)n3)cnc2cn1)c1ccccc1. The van der Waals surface area contributed by atoms with Crippen LogP contribution in [0.15, 0.2) is 61.2 Å². The van der Waals surface area contributed by atoms with Crippen molar-refractivity contribution in [3.05, 3.63) is 72.6 Å². The second-order valence-corrected chi connectivity index (χ2v) is 7.79. The molecule has 1 amide bonds. The first-order valence-corrected chi connectivity index (χ1v) is 10.3. The minimum atomic E-state index is -1.33. The van der Waals surface area contributed by atoms with Crippen LogP contribution in [0.3, 0.4) is 0 Å². The van der Waals surface area contributed by atoms with Gasteiger partial charge in [0.25, 0.3) is 5.91 Å². The van der Waals surface area contributed by atoms with Gasteiger partial charge in [-0.25, -0.2) is 18.7 Å². The Morgan fingerprint density at radius 2 is 1.88 bits per heavy atom. The Kier molecular flexibility index (Phi) is 5.35. The summed E-state index contributed by atoms with van der Waals surface area (Å²) < 4.78 is 29.6. The van der Waals surface area contributed by atoms with Crippen LogP contribution >= 0.6 is 0 Å². The number of alkyl halides is 1. The topological polar surface area (TPSA) is 105 Å². The quantitative estimate of drug-likeness (QED) is 0.417. The van der Waals surface area contributed by atoms with Crippen molar-refractivity contribution in [2.45, 2.75) is 5.67 Å². The van der Waals surface area contributed by atoms with Crippen molar-refractivity contribution in [3.8, 4) is 11.3 Å². The van der Waals surface area contributed by atoms with Crippen LogP contribution in [-0.4, -0.2) is 51.1 Å². The summed E-state index contributed by atoms with van der Waals surface area (Å²) >= 11 is 0. The minimum absolute atomic E-state index is 0.0761. The molecule has 4 aromatic rings. The average molecular weight is 447 g/mol. The molecule has 0 spiro atoms. The van der Waals surface area contributed by atoms with Gasteiger partial charge in [-0.15, -0.1) is 0 Å². The van der Waals surface area contributed by atoms with Gasteiger partial charge < -0.3 is 16.0 Å². The summed E-state index contributed by atoms with van der Waals surface area (Å²) in [6.07, 6.45) is 5.60. The second-order valence-electron chi connectivity index (χ2n) is 7.79. The number of anilines is 2. The molecule has 0 unspecified atom stereocenters. The smallest absolute Gasteiger partial charge is 0.256 e. The van der Waals surface area contributed by atoms with E-state index in [-0.39, 0.29) is 48.0 Å². The number of aromatic nitrogens is 4. The fourth-order valence-corrected chi connectivity index (χ4v) is 3.44. The standard InChI is InChI=1S/C23H19F2N7O/c24-21-15-6-19(32-22(33)14-4-2-1-3-5-14)29-9-17(15)28-7-16(21)18-8-26-10-20(31-18)30-13-23(25)11-27-12-23/h1-10,27H,11-13H2,(H,30,31)(H,29,32,33). The summed E-state index contributed by atoms with van der Waals surface area (Å²) in [4.78, 5) is 29.3. The van der Waals surface area contributed by atoms with Crippen molar-refractivity contribution >= 4 is 28.4 Å². The van der Waals surface area contributed by atoms with Gasteiger partial charge in [-0.1, -0.05) is 18.2 Å². The van der Waals surface area contributed by atoms with Gasteiger partial charge in [-0.3, -0.25) is 14.8 Å². The van der Waals surface area contributed by atoms with E-state index in [9.17, 15) is 9.18 Å². The van der Waals surface area contributed by atoms with Gasteiger partial charge in [-0.05, 0) is 18.2 Å². The van der Waals surface area contributed by atoms with Crippen molar-refractivity contribution in [3.63, 3.8) is 0 Å². The molecule has 0 radical (unpaired) electrons. The van der Waals surface area contributed by atoms with Gasteiger partial charge in [0.1, 0.15) is 17.5 Å². The number of nitrogens with one attached hydrogen (secondary N) is 3. The van der Waals surface area contributed by atoms with Crippen LogP contribution in [-0.2, 0) is 0 Å². The molecule has 4 heterocycles. The third-order valence-electron chi connectivity index (χ3n) is 5.35. The maximum absolute atomic E-state index is 15.4. The van der Waals surface area contributed by atoms with E-state index in [4.69, 9.17) is 0 Å². The number of carbonyl (C=O) groups excluding carboxylic acids is 1. The van der Waals surface area contributed by atoms with Crippen molar-refractivity contribution in [1.82, 2.24) is 25.3 Å². The number of fused-ring (bicyclic) bond motifs is 1. The van der Waals surface area contributed by atoms with Crippen molar-refractivity contribution in [2.75, 3.05) is 30.3 Å². The van der Waals surface area contributed by atoms with Gasteiger partial charge >= 0.3 is 0 Å². The van der Waals surface area contributed by atoms with Crippen LogP contribution < -0.4 is 16.0 Å². The summed E-state index contributed by atoms with van der Waals surface area (Å²) in [6, 6.07) is 10.1. The van der Waals surface area contributed by atoms with E-state index in [1.54, 1.807) is 30.3 Å². The molecule has 1 aliphatic rings. The number of nitrogens with zero attached hydrogens (tertiary/aromatic N) is 4. The first kappa shape index (κ1) is 20.8. The molecule has 10 heteroatoms. The maximum Gasteiger partial charge on any atom is 0.256 e. The molecule has 1 aromatic carbocycles. The highest BCUT2D eigenvalue weighted by Crippen LogP contribution is 2.28. The fraction of sp³-hybridized carbons (Fsp3) is 0.174. The van der Waals surface area contributed by atoms with Gasteiger partial charge in [0.2, 0.25) is 0 Å². The number of rotatable bonds is 6. The minimum Gasteiger partial charge on any atom is -0.365 e. The Hall–Kier alpha value is -4.05. The van der Waals surface area contributed by atoms with Crippen LogP contribution in [0.25, 0.3) is 22.2 Å². The largest absolute Gasteiger partial charge is 0.365 e. The predicted octanol–water partition coefficient (Wildman–Crippen LogP) is 3.20. The van der Waals surface area contributed by atoms with Crippen LogP contribution in [0.5, 0.6) is 0 Å². The lowest BCUT2D eigenvalue weighted by Crippen LogP contribution is -2.59. The molecule has 166 valence electrons. The molecule has 33 heavy (non-hydrogen) atoms. The predicted molar refractivity (Wildman–Crippen MR) is 120 cm³/mol. The molecule has 3 N–H and O–H groups in total. The molecular formula is C23H19F2N7O. The number of amides is 1. The number of benzene rings is 1. The fourth-order valence-electron chi connectivity index (χ4n) is 3.44. The molecule has 5 rings (SSSR count). The van der Waals surface area contributed by atoms with Gasteiger partial charge in [0.15, 0.2) is 5.67 Å². The Bertz CT molecular complexity index is 1330. The number of halogens is 2. The van der Waals surface area contributed by atoms with E-state index in [1.165, 1.54) is 30.9 Å². The normalized spacial score (nSPS) is 14.5. The number of hydrogen-bond acceptors (Lipinski definition) is 7. The van der Waals surface area contributed by atoms with Crippen molar-refractivity contribution < 1.29 is 13.6 Å². The molecule has 0 atom stereocenters. The van der Waals surface area contributed by atoms with Crippen LogP contribution in [0.4, 0.5) is 20.4 Å². The maximum atomic E-state index is 15.4. The van der Waals surface area contributed by atoms with Crippen LogP contribution in [0.2, 0.25) is 0 Å². The van der Waals surface area contributed by atoms with E-state index >= 15 is 4.39 Å². The van der Waals surface area contributed by atoms with E-state index in [2.05, 4.69) is 35.9 Å². The van der Waals surface area contributed by atoms with Gasteiger partial charge in [-0.2, -0.15) is 0 Å².